The van der Waals surface area contributed by atoms with Gasteiger partial charge in [0.15, 0.2) is 0 Å². The third-order valence-corrected chi connectivity index (χ3v) is 2.52. The largest absolute Gasteiger partial charge is 0.308 e. The molecule has 1 atom stereocenters. The Morgan fingerprint density at radius 3 is 2.83 bits per heavy atom. The van der Waals surface area contributed by atoms with Crippen molar-refractivity contribution in [3.05, 3.63) is 24.8 Å². The Labute approximate surface area is 75.6 Å². The lowest BCUT2D eigenvalue weighted by Crippen LogP contribution is -2.46. The zero-order chi connectivity index (χ0) is 8.86. The molecule has 1 heteroatoms. The van der Waals surface area contributed by atoms with Gasteiger partial charge in [-0.25, -0.2) is 0 Å². The first-order valence-electron chi connectivity index (χ1n) is 4.83. The molecular weight excluding hydrogens is 146 g/mol. The van der Waals surface area contributed by atoms with Crippen LogP contribution in [0.5, 0.6) is 0 Å². The number of piperidine rings is 1. The zero-order valence-electron chi connectivity index (χ0n) is 7.97. The maximum absolute atomic E-state index is 3.81. The quantitative estimate of drug-likeness (QED) is 0.634. The Kier molecular flexibility index (Phi) is 3.54. The number of hydrogen-bond donors (Lipinski definition) is 1. The van der Waals surface area contributed by atoms with E-state index in [1.165, 1.54) is 19.3 Å². The lowest BCUT2D eigenvalue weighted by atomic mass is 9.85. The Morgan fingerprint density at radius 1 is 1.50 bits per heavy atom. The van der Waals surface area contributed by atoms with E-state index in [0.717, 1.165) is 13.0 Å². The van der Waals surface area contributed by atoms with Gasteiger partial charge in [0.1, 0.15) is 0 Å². The van der Waals surface area contributed by atoms with Crippen LogP contribution in [0.4, 0.5) is 0 Å². The van der Waals surface area contributed by atoms with Crippen LogP contribution in [-0.4, -0.2) is 12.1 Å². The van der Waals surface area contributed by atoms with Gasteiger partial charge in [-0.1, -0.05) is 24.6 Å². The SMILES string of the molecule is C=CC[C@]1(/C=C/C)CCCCN1. The molecule has 1 aliphatic rings. The lowest BCUT2D eigenvalue weighted by molar-refractivity contribution is 0.317. The van der Waals surface area contributed by atoms with Gasteiger partial charge in [-0.2, -0.15) is 0 Å². The van der Waals surface area contributed by atoms with Gasteiger partial charge < -0.3 is 5.32 Å². The molecule has 0 aliphatic carbocycles. The van der Waals surface area contributed by atoms with Crippen LogP contribution >= 0.6 is 0 Å². The van der Waals surface area contributed by atoms with Crippen LogP contribution in [0.25, 0.3) is 0 Å². The molecule has 0 spiro atoms. The summed E-state index contributed by atoms with van der Waals surface area (Å²) in [5.41, 5.74) is 0.231. The highest BCUT2D eigenvalue weighted by Gasteiger charge is 2.26. The highest BCUT2D eigenvalue weighted by atomic mass is 15.0. The van der Waals surface area contributed by atoms with Gasteiger partial charge in [-0.15, -0.1) is 6.58 Å². The van der Waals surface area contributed by atoms with Crippen molar-refractivity contribution in [1.82, 2.24) is 5.32 Å². The van der Waals surface area contributed by atoms with E-state index in [0.29, 0.717) is 0 Å². The molecule has 0 unspecified atom stereocenters. The van der Waals surface area contributed by atoms with Gasteiger partial charge in [0.05, 0.1) is 0 Å². The fourth-order valence-electron chi connectivity index (χ4n) is 1.95. The molecule has 68 valence electrons. The van der Waals surface area contributed by atoms with Crippen molar-refractivity contribution in [2.45, 2.75) is 38.1 Å². The molecule has 1 rings (SSSR count). The van der Waals surface area contributed by atoms with E-state index in [1.807, 2.05) is 6.08 Å². The topological polar surface area (TPSA) is 12.0 Å². The summed E-state index contributed by atoms with van der Waals surface area (Å²) >= 11 is 0. The second kappa shape index (κ2) is 4.46. The van der Waals surface area contributed by atoms with Gasteiger partial charge in [0.25, 0.3) is 0 Å². The lowest BCUT2D eigenvalue weighted by Gasteiger charge is -2.35. The molecule has 12 heavy (non-hydrogen) atoms. The van der Waals surface area contributed by atoms with Crippen LogP contribution in [-0.2, 0) is 0 Å². The van der Waals surface area contributed by atoms with E-state index in [4.69, 9.17) is 0 Å². The minimum atomic E-state index is 0.231. The van der Waals surface area contributed by atoms with Crippen LogP contribution in [0.2, 0.25) is 0 Å². The second-order valence-electron chi connectivity index (χ2n) is 3.53. The van der Waals surface area contributed by atoms with Gasteiger partial charge in [0.2, 0.25) is 0 Å². The fourth-order valence-corrected chi connectivity index (χ4v) is 1.95. The number of nitrogens with one attached hydrogen (secondary N) is 1. The summed E-state index contributed by atoms with van der Waals surface area (Å²) in [6, 6.07) is 0. The first-order valence-corrected chi connectivity index (χ1v) is 4.83. The van der Waals surface area contributed by atoms with E-state index >= 15 is 0 Å². The monoisotopic (exact) mass is 165 g/mol. The first kappa shape index (κ1) is 9.53. The Morgan fingerprint density at radius 2 is 2.33 bits per heavy atom. The van der Waals surface area contributed by atoms with Crippen molar-refractivity contribution in [3.8, 4) is 0 Å². The molecule has 0 aromatic carbocycles. The minimum Gasteiger partial charge on any atom is -0.308 e. The molecule has 1 saturated heterocycles. The van der Waals surface area contributed by atoms with Crippen molar-refractivity contribution in [2.24, 2.45) is 0 Å². The molecule has 1 N–H and O–H groups in total. The van der Waals surface area contributed by atoms with Gasteiger partial charge in [0, 0.05) is 5.54 Å². The minimum absolute atomic E-state index is 0.231. The van der Waals surface area contributed by atoms with Crippen LogP contribution in [0.1, 0.15) is 32.6 Å². The number of rotatable bonds is 3. The van der Waals surface area contributed by atoms with Crippen molar-refractivity contribution < 1.29 is 0 Å². The standard InChI is InChI=1S/C11H19N/c1-3-7-11(8-4-2)9-5-6-10-12-11/h3-4,8,12H,1,5-7,9-10H2,2H3/b8-4+/t11-/m0/s1. The summed E-state index contributed by atoms with van der Waals surface area (Å²) in [5.74, 6) is 0. The molecule has 1 nitrogen and oxygen atoms in total. The summed E-state index contributed by atoms with van der Waals surface area (Å²) in [6.07, 6.45) is 11.4. The van der Waals surface area contributed by atoms with Crippen LogP contribution in [0, 0.1) is 0 Å². The predicted octanol–water partition coefficient (Wildman–Crippen LogP) is 2.65. The Balaban J connectivity index is 2.62. The van der Waals surface area contributed by atoms with Crippen LogP contribution < -0.4 is 5.32 Å². The summed E-state index contributed by atoms with van der Waals surface area (Å²) in [7, 11) is 0. The normalized spacial score (nSPS) is 30.8. The summed E-state index contributed by atoms with van der Waals surface area (Å²) in [5, 5.41) is 3.58. The fraction of sp³-hybridized carbons (Fsp3) is 0.636. The summed E-state index contributed by atoms with van der Waals surface area (Å²) in [6.45, 7) is 7.04. The smallest absolute Gasteiger partial charge is 0.0398 e. The molecule has 0 amide bonds. The van der Waals surface area contributed by atoms with Crippen molar-refractivity contribution in [3.63, 3.8) is 0 Å². The molecule has 0 bridgehead atoms. The Hall–Kier alpha value is -0.560. The average molecular weight is 165 g/mol. The molecular formula is C11H19N. The van der Waals surface area contributed by atoms with Crippen molar-refractivity contribution in [1.29, 1.82) is 0 Å². The molecule has 1 heterocycles. The summed E-state index contributed by atoms with van der Waals surface area (Å²) < 4.78 is 0. The van der Waals surface area contributed by atoms with Crippen LogP contribution in [0.15, 0.2) is 24.8 Å². The maximum atomic E-state index is 3.81. The maximum Gasteiger partial charge on any atom is 0.0398 e. The van der Waals surface area contributed by atoms with Gasteiger partial charge in [-0.3, -0.25) is 0 Å². The van der Waals surface area contributed by atoms with E-state index in [9.17, 15) is 0 Å². The number of hydrogen-bond acceptors (Lipinski definition) is 1. The molecule has 1 fully saturated rings. The van der Waals surface area contributed by atoms with Crippen LogP contribution in [0.3, 0.4) is 0 Å². The third kappa shape index (κ3) is 2.21. The van der Waals surface area contributed by atoms with E-state index in [2.05, 4.69) is 31.0 Å². The van der Waals surface area contributed by atoms with Crippen molar-refractivity contribution in [2.75, 3.05) is 6.54 Å². The molecule has 0 radical (unpaired) electrons. The van der Waals surface area contributed by atoms with E-state index in [1.54, 1.807) is 0 Å². The molecule has 0 saturated carbocycles. The second-order valence-corrected chi connectivity index (χ2v) is 3.53. The van der Waals surface area contributed by atoms with Gasteiger partial charge in [-0.05, 0) is 32.7 Å². The average Bonchev–Trinajstić information content (AvgIpc) is 2.07. The van der Waals surface area contributed by atoms with Gasteiger partial charge >= 0.3 is 0 Å². The number of allylic oxidation sites excluding steroid dienone is 1. The third-order valence-electron chi connectivity index (χ3n) is 2.52. The predicted molar refractivity (Wildman–Crippen MR) is 54.2 cm³/mol. The summed E-state index contributed by atoms with van der Waals surface area (Å²) in [4.78, 5) is 0. The van der Waals surface area contributed by atoms with E-state index in [-0.39, 0.29) is 5.54 Å². The highest BCUT2D eigenvalue weighted by Crippen LogP contribution is 2.24. The molecule has 1 aliphatic heterocycles. The highest BCUT2D eigenvalue weighted by molar-refractivity contribution is 5.09. The zero-order valence-corrected chi connectivity index (χ0v) is 7.97. The molecule has 0 aromatic rings. The first-order chi connectivity index (χ1) is 5.83. The van der Waals surface area contributed by atoms with E-state index < -0.39 is 0 Å². The molecule has 0 aromatic heterocycles. The Bertz CT molecular complexity index is 164. The van der Waals surface area contributed by atoms with Crippen molar-refractivity contribution >= 4 is 0 Å².